The van der Waals surface area contributed by atoms with Gasteiger partial charge < -0.3 is 15.2 Å². The minimum atomic E-state index is -0.246. The van der Waals surface area contributed by atoms with Gasteiger partial charge in [-0.3, -0.25) is 0 Å². The Morgan fingerprint density at radius 2 is 2.30 bits per heavy atom. The predicted octanol–water partition coefficient (Wildman–Crippen LogP) is 3.05. The van der Waals surface area contributed by atoms with Crippen molar-refractivity contribution in [1.82, 2.24) is 0 Å². The maximum absolute atomic E-state index is 13.4. The zero-order valence-corrected chi connectivity index (χ0v) is 12.1. The van der Waals surface area contributed by atoms with Crippen LogP contribution in [0.4, 0.5) is 4.39 Å². The second-order valence-corrected chi connectivity index (χ2v) is 5.42. The summed E-state index contributed by atoms with van der Waals surface area (Å²) in [4.78, 5) is 0. The smallest absolute Gasteiger partial charge is 0.123 e. The van der Waals surface area contributed by atoms with Crippen molar-refractivity contribution in [1.29, 1.82) is 0 Å². The molecule has 112 valence electrons. The molecule has 4 heteroatoms. The molecule has 2 N–H and O–H groups in total. The minimum Gasteiger partial charge on any atom is -0.491 e. The van der Waals surface area contributed by atoms with Gasteiger partial charge in [-0.2, -0.15) is 0 Å². The van der Waals surface area contributed by atoms with Crippen molar-refractivity contribution >= 4 is 0 Å². The zero-order valence-electron chi connectivity index (χ0n) is 12.1. The van der Waals surface area contributed by atoms with Crippen LogP contribution in [0.25, 0.3) is 0 Å². The topological polar surface area (TPSA) is 44.5 Å². The van der Waals surface area contributed by atoms with Crippen LogP contribution >= 0.6 is 0 Å². The van der Waals surface area contributed by atoms with Crippen LogP contribution in [-0.4, -0.2) is 25.4 Å². The van der Waals surface area contributed by atoms with Gasteiger partial charge in [-0.05, 0) is 55.9 Å². The molecule has 1 aliphatic rings. The van der Waals surface area contributed by atoms with E-state index in [-0.39, 0.29) is 18.0 Å². The molecule has 0 bridgehead atoms. The third kappa shape index (κ3) is 4.46. The first-order valence-electron chi connectivity index (χ1n) is 7.47. The molecular formula is C16H24FNO2. The van der Waals surface area contributed by atoms with Crippen LogP contribution in [0.1, 0.15) is 38.2 Å². The number of halogens is 1. The Labute approximate surface area is 120 Å². The van der Waals surface area contributed by atoms with E-state index in [1.54, 1.807) is 6.07 Å². The van der Waals surface area contributed by atoms with Crippen molar-refractivity contribution in [3.8, 4) is 5.75 Å². The van der Waals surface area contributed by atoms with Gasteiger partial charge in [0.05, 0.1) is 6.10 Å². The van der Waals surface area contributed by atoms with Crippen LogP contribution in [0.5, 0.6) is 5.75 Å². The SMILES string of the molecule is CCC(N)Cc1cc(F)ccc1OCC1CCCCO1. The van der Waals surface area contributed by atoms with Gasteiger partial charge in [0.2, 0.25) is 0 Å². The van der Waals surface area contributed by atoms with Gasteiger partial charge in [-0.15, -0.1) is 0 Å². The molecule has 2 atom stereocenters. The Morgan fingerprint density at radius 3 is 3.00 bits per heavy atom. The van der Waals surface area contributed by atoms with Crippen LogP contribution in [-0.2, 0) is 11.2 Å². The number of hydrogen-bond acceptors (Lipinski definition) is 3. The van der Waals surface area contributed by atoms with Crippen molar-refractivity contribution in [2.45, 2.75) is 51.2 Å². The molecule has 1 aromatic carbocycles. The molecule has 3 nitrogen and oxygen atoms in total. The van der Waals surface area contributed by atoms with E-state index >= 15 is 0 Å². The molecule has 0 spiro atoms. The summed E-state index contributed by atoms with van der Waals surface area (Å²) in [7, 11) is 0. The van der Waals surface area contributed by atoms with Crippen molar-refractivity contribution in [3.63, 3.8) is 0 Å². The summed E-state index contributed by atoms with van der Waals surface area (Å²) in [5.74, 6) is 0.481. The fourth-order valence-electron chi connectivity index (χ4n) is 2.40. The molecule has 2 rings (SSSR count). The number of nitrogens with two attached hydrogens (primary N) is 1. The summed E-state index contributed by atoms with van der Waals surface area (Å²) in [6.07, 6.45) is 5.00. The van der Waals surface area contributed by atoms with Gasteiger partial charge in [0, 0.05) is 12.6 Å². The van der Waals surface area contributed by atoms with Crippen molar-refractivity contribution < 1.29 is 13.9 Å². The third-order valence-corrected chi connectivity index (χ3v) is 3.73. The second-order valence-electron chi connectivity index (χ2n) is 5.42. The minimum absolute atomic E-state index is 0.0325. The first-order valence-corrected chi connectivity index (χ1v) is 7.47. The van der Waals surface area contributed by atoms with Gasteiger partial charge in [-0.1, -0.05) is 6.92 Å². The lowest BCUT2D eigenvalue weighted by molar-refractivity contribution is -0.0112. The Bertz CT molecular complexity index is 419. The molecule has 1 heterocycles. The maximum Gasteiger partial charge on any atom is 0.123 e. The van der Waals surface area contributed by atoms with Gasteiger partial charge in [0.25, 0.3) is 0 Å². The van der Waals surface area contributed by atoms with Crippen molar-refractivity contribution in [2.24, 2.45) is 5.73 Å². The van der Waals surface area contributed by atoms with Crippen LogP contribution in [0, 0.1) is 5.82 Å². The monoisotopic (exact) mass is 281 g/mol. The summed E-state index contributed by atoms with van der Waals surface area (Å²) >= 11 is 0. The molecule has 2 unspecified atom stereocenters. The van der Waals surface area contributed by atoms with E-state index in [2.05, 4.69) is 0 Å². The Balaban J connectivity index is 1.98. The van der Waals surface area contributed by atoms with Crippen molar-refractivity contribution in [3.05, 3.63) is 29.6 Å². The molecule has 1 aliphatic heterocycles. The number of benzene rings is 1. The van der Waals surface area contributed by atoms with Crippen LogP contribution < -0.4 is 10.5 Å². The summed E-state index contributed by atoms with van der Waals surface area (Å²) in [6.45, 7) is 3.37. The molecule has 20 heavy (non-hydrogen) atoms. The highest BCUT2D eigenvalue weighted by molar-refractivity contribution is 5.34. The fourth-order valence-corrected chi connectivity index (χ4v) is 2.40. The molecule has 0 saturated carbocycles. The molecule has 0 amide bonds. The highest BCUT2D eigenvalue weighted by Gasteiger charge is 2.16. The van der Waals surface area contributed by atoms with Crippen LogP contribution in [0.3, 0.4) is 0 Å². The second kappa shape index (κ2) is 7.60. The van der Waals surface area contributed by atoms with E-state index in [4.69, 9.17) is 15.2 Å². The summed E-state index contributed by atoms with van der Waals surface area (Å²) in [5.41, 5.74) is 6.80. The highest BCUT2D eigenvalue weighted by atomic mass is 19.1. The molecule has 1 fully saturated rings. The fraction of sp³-hybridized carbons (Fsp3) is 0.625. The molecule has 1 saturated heterocycles. The number of ether oxygens (including phenoxy) is 2. The van der Waals surface area contributed by atoms with E-state index in [0.717, 1.165) is 37.2 Å². The van der Waals surface area contributed by atoms with Gasteiger partial charge in [0.15, 0.2) is 0 Å². The quantitative estimate of drug-likeness (QED) is 0.871. The number of hydrogen-bond donors (Lipinski definition) is 1. The lowest BCUT2D eigenvalue weighted by Gasteiger charge is -2.23. The zero-order chi connectivity index (χ0) is 14.4. The molecule has 0 aromatic heterocycles. The summed E-state index contributed by atoms with van der Waals surface area (Å²) in [5, 5.41) is 0. The lowest BCUT2D eigenvalue weighted by Crippen LogP contribution is -2.26. The molecule has 1 aromatic rings. The molecular weight excluding hydrogens is 257 g/mol. The van der Waals surface area contributed by atoms with E-state index in [0.29, 0.717) is 13.0 Å². The average Bonchev–Trinajstić information content (AvgIpc) is 2.47. The van der Waals surface area contributed by atoms with Crippen LogP contribution in [0.2, 0.25) is 0 Å². The normalized spacial score (nSPS) is 20.6. The van der Waals surface area contributed by atoms with Crippen molar-refractivity contribution in [2.75, 3.05) is 13.2 Å². The van der Waals surface area contributed by atoms with Gasteiger partial charge in [-0.25, -0.2) is 4.39 Å². The third-order valence-electron chi connectivity index (χ3n) is 3.73. The van der Waals surface area contributed by atoms with Gasteiger partial charge >= 0.3 is 0 Å². The average molecular weight is 281 g/mol. The first kappa shape index (κ1) is 15.3. The van der Waals surface area contributed by atoms with Crippen LogP contribution in [0.15, 0.2) is 18.2 Å². The van der Waals surface area contributed by atoms with E-state index in [1.165, 1.54) is 18.6 Å². The lowest BCUT2D eigenvalue weighted by atomic mass is 10.0. The largest absolute Gasteiger partial charge is 0.491 e. The molecule has 0 radical (unpaired) electrons. The molecule has 0 aliphatic carbocycles. The van der Waals surface area contributed by atoms with E-state index in [1.807, 2.05) is 6.92 Å². The van der Waals surface area contributed by atoms with E-state index < -0.39 is 0 Å². The Morgan fingerprint density at radius 1 is 1.45 bits per heavy atom. The standard InChI is InChI=1S/C16H24FNO2/c1-2-14(18)10-12-9-13(17)6-7-16(12)20-11-15-5-3-4-8-19-15/h6-7,9,14-15H,2-5,8,10-11,18H2,1H3. The number of rotatable bonds is 6. The maximum atomic E-state index is 13.4. The predicted molar refractivity (Wildman–Crippen MR) is 77.5 cm³/mol. The Hall–Kier alpha value is -1.13. The van der Waals surface area contributed by atoms with Gasteiger partial charge in [0.1, 0.15) is 18.2 Å². The Kier molecular flexibility index (Phi) is 5.80. The van der Waals surface area contributed by atoms with E-state index in [9.17, 15) is 4.39 Å². The first-order chi connectivity index (χ1) is 9.69. The summed E-state index contributed by atoms with van der Waals surface area (Å²) < 4.78 is 24.8. The highest BCUT2D eigenvalue weighted by Crippen LogP contribution is 2.23. The summed E-state index contributed by atoms with van der Waals surface area (Å²) in [6, 6.07) is 4.67.